The van der Waals surface area contributed by atoms with Gasteiger partial charge in [-0.15, -0.1) is 10.2 Å². The summed E-state index contributed by atoms with van der Waals surface area (Å²) >= 11 is 7.04. The summed E-state index contributed by atoms with van der Waals surface area (Å²) < 4.78 is 0. The van der Waals surface area contributed by atoms with Crippen LogP contribution in [0.15, 0.2) is 12.3 Å². The predicted octanol–water partition coefficient (Wildman–Crippen LogP) is 1.98. The fraction of sp³-hybridized carbons (Fsp3) is 0.200. The van der Waals surface area contributed by atoms with Gasteiger partial charge >= 0.3 is 0 Å². The first kappa shape index (κ1) is 12.7. The number of anilines is 2. The van der Waals surface area contributed by atoms with Crippen molar-refractivity contribution in [1.29, 1.82) is 0 Å². The molecular formula is C10H10ClN5OS. The molecule has 2 aromatic heterocycles. The monoisotopic (exact) mass is 283 g/mol. The molecule has 0 aliphatic carbocycles. The van der Waals surface area contributed by atoms with Gasteiger partial charge in [-0.25, -0.2) is 4.98 Å². The number of carbonyl (C=O) groups is 1. The summed E-state index contributed by atoms with van der Waals surface area (Å²) in [5.74, 6) is -0.379. The number of halogens is 1. The zero-order valence-electron chi connectivity index (χ0n) is 9.48. The Bertz CT molecular complexity index is 585. The van der Waals surface area contributed by atoms with Crippen LogP contribution in [0, 0.1) is 0 Å². The van der Waals surface area contributed by atoms with E-state index in [9.17, 15) is 4.79 Å². The molecule has 0 spiro atoms. The van der Waals surface area contributed by atoms with Gasteiger partial charge < -0.3 is 5.73 Å². The van der Waals surface area contributed by atoms with Gasteiger partial charge in [0.15, 0.2) is 0 Å². The highest BCUT2D eigenvalue weighted by Crippen LogP contribution is 2.19. The minimum Gasteiger partial charge on any atom is -0.397 e. The van der Waals surface area contributed by atoms with Crippen LogP contribution in [0.4, 0.5) is 10.8 Å². The number of rotatable bonds is 3. The number of aryl methyl sites for hydroxylation is 1. The van der Waals surface area contributed by atoms with Gasteiger partial charge in [-0.05, 0) is 12.5 Å². The van der Waals surface area contributed by atoms with Gasteiger partial charge in [-0.1, -0.05) is 29.9 Å². The standard InChI is InChI=1S/C10H10ClN5OS/c1-2-8-15-16-10(18-8)14-9(17)5-3-7(11)13-4-6(5)12/h3-4H,2,12H2,1H3,(H,14,16,17). The molecule has 1 amide bonds. The lowest BCUT2D eigenvalue weighted by atomic mass is 10.2. The number of pyridine rings is 1. The molecule has 0 aliphatic rings. The van der Waals surface area contributed by atoms with E-state index in [1.165, 1.54) is 23.6 Å². The third-order valence-electron chi connectivity index (χ3n) is 2.14. The second-order valence-electron chi connectivity index (χ2n) is 3.40. The van der Waals surface area contributed by atoms with Crippen LogP contribution in [-0.2, 0) is 6.42 Å². The van der Waals surface area contributed by atoms with Crippen molar-refractivity contribution in [3.63, 3.8) is 0 Å². The van der Waals surface area contributed by atoms with Crippen molar-refractivity contribution in [2.75, 3.05) is 11.1 Å². The summed E-state index contributed by atoms with van der Waals surface area (Å²) in [5.41, 5.74) is 6.19. The molecule has 0 bridgehead atoms. The molecule has 2 heterocycles. The average molecular weight is 284 g/mol. The van der Waals surface area contributed by atoms with Gasteiger partial charge in [0.2, 0.25) is 5.13 Å². The Labute approximate surface area is 112 Å². The molecule has 3 N–H and O–H groups in total. The van der Waals surface area contributed by atoms with E-state index in [4.69, 9.17) is 17.3 Å². The fourth-order valence-electron chi connectivity index (χ4n) is 1.25. The number of hydrogen-bond donors (Lipinski definition) is 2. The minimum absolute atomic E-state index is 0.209. The maximum Gasteiger partial charge on any atom is 0.259 e. The van der Waals surface area contributed by atoms with Crippen LogP contribution in [0.1, 0.15) is 22.3 Å². The number of aromatic nitrogens is 3. The molecule has 0 saturated heterocycles. The zero-order valence-corrected chi connectivity index (χ0v) is 11.0. The van der Waals surface area contributed by atoms with Gasteiger partial charge in [-0.2, -0.15) is 0 Å². The van der Waals surface area contributed by atoms with Gasteiger partial charge in [0, 0.05) is 0 Å². The van der Waals surface area contributed by atoms with E-state index >= 15 is 0 Å². The van der Waals surface area contributed by atoms with Gasteiger partial charge in [-0.3, -0.25) is 10.1 Å². The molecule has 6 nitrogen and oxygen atoms in total. The first-order valence-electron chi connectivity index (χ1n) is 5.15. The van der Waals surface area contributed by atoms with Gasteiger partial charge in [0.25, 0.3) is 5.91 Å². The summed E-state index contributed by atoms with van der Waals surface area (Å²) in [6.45, 7) is 1.97. The number of nitrogens with one attached hydrogen (secondary N) is 1. The molecule has 0 aromatic carbocycles. The van der Waals surface area contributed by atoms with Crippen LogP contribution >= 0.6 is 22.9 Å². The second kappa shape index (κ2) is 5.28. The molecule has 8 heteroatoms. The largest absolute Gasteiger partial charge is 0.397 e. The average Bonchev–Trinajstić information content (AvgIpc) is 2.80. The van der Waals surface area contributed by atoms with Crippen LogP contribution in [-0.4, -0.2) is 21.1 Å². The van der Waals surface area contributed by atoms with Crippen LogP contribution in [0.3, 0.4) is 0 Å². The van der Waals surface area contributed by atoms with Crippen LogP contribution in [0.2, 0.25) is 5.15 Å². The van der Waals surface area contributed by atoms with Crippen molar-refractivity contribution in [3.8, 4) is 0 Å². The lowest BCUT2D eigenvalue weighted by Crippen LogP contribution is -2.14. The van der Waals surface area contributed by atoms with E-state index in [1.54, 1.807) is 0 Å². The van der Waals surface area contributed by atoms with E-state index < -0.39 is 0 Å². The number of nitrogen functional groups attached to an aromatic ring is 1. The van der Waals surface area contributed by atoms with Gasteiger partial charge in [0.1, 0.15) is 10.2 Å². The Hall–Kier alpha value is -1.73. The van der Waals surface area contributed by atoms with Crippen molar-refractivity contribution < 1.29 is 4.79 Å². The van der Waals surface area contributed by atoms with Crippen molar-refractivity contribution in [2.45, 2.75) is 13.3 Å². The second-order valence-corrected chi connectivity index (χ2v) is 4.85. The Morgan fingerprint density at radius 2 is 2.33 bits per heavy atom. The van der Waals surface area contributed by atoms with Crippen molar-refractivity contribution in [2.24, 2.45) is 0 Å². The highest BCUT2D eigenvalue weighted by molar-refractivity contribution is 7.15. The van der Waals surface area contributed by atoms with E-state index in [-0.39, 0.29) is 22.3 Å². The summed E-state index contributed by atoms with van der Waals surface area (Å²) in [6.07, 6.45) is 2.12. The summed E-state index contributed by atoms with van der Waals surface area (Å²) in [4.78, 5) is 15.7. The van der Waals surface area contributed by atoms with Crippen molar-refractivity contribution in [3.05, 3.63) is 28.0 Å². The maximum atomic E-state index is 11.9. The smallest absolute Gasteiger partial charge is 0.259 e. The molecule has 0 unspecified atom stereocenters. The molecule has 18 heavy (non-hydrogen) atoms. The molecule has 2 aromatic rings. The lowest BCUT2D eigenvalue weighted by Gasteiger charge is -2.04. The molecule has 0 fully saturated rings. The molecule has 2 rings (SSSR count). The van der Waals surface area contributed by atoms with Crippen LogP contribution < -0.4 is 11.1 Å². The lowest BCUT2D eigenvalue weighted by molar-refractivity contribution is 0.102. The number of carbonyl (C=O) groups excluding carboxylic acids is 1. The number of amides is 1. The van der Waals surface area contributed by atoms with E-state index in [0.29, 0.717) is 5.13 Å². The third-order valence-corrected chi connectivity index (χ3v) is 3.33. The number of hydrogen-bond acceptors (Lipinski definition) is 6. The molecule has 94 valence electrons. The summed E-state index contributed by atoms with van der Waals surface area (Å²) in [6, 6.07) is 1.41. The first-order valence-corrected chi connectivity index (χ1v) is 6.34. The first-order chi connectivity index (χ1) is 8.60. The minimum atomic E-state index is -0.379. The fourth-order valence-corrected chi connectivity index (χ4v) is 2.08. The normalized spacial score (nSPS) is 10.3. The predicted molar refractivity (Wildman–Crippen MR) is 70.9 cm³/mol. The number of nitrogens with zero attached hydrogens (tertiary/aromatic N) is 3. The molecule has 0 radical (unpaired) electrons. The SMILES string of the molecule is CCc1nnc(NC(=O)c2cc(Cl)ncc2N)s1. The van der Waals surface area contributed by atoms with Crippen LogP contribution in [0.25, 0.3) is 0 Å². The van der Waals surface area contributed by atoms with Crippen molar-refractivity contribution in [1.82, 2.24) is 15.2 Å². The maximum absolute atomic E-state index is 11.9. The Balaban J connectivity index is 2.19. The van der Waals surface area contributed by atoms with Gasteiger partial charge in [0.05, 0.1) is 17.4 Å². The summed E-state index contributed by atoms with van der Waals surface area (Å²) in [7, 11) is 0. The Morgan fingerprint density at radius 1 is 1.56 bits per heavy atom. The number of nitrogens with two attached hydrogens (primary N) is 1. The summed E-state index contributed by atoms with van der Waals surface area (Å²) in [5, 5.41) is 11.9. The molecular weight excluding hydrogens is 274 g/mol. The third kappa shape index (κ3) is 2.74. The van der Waals surface area contributed by atoms with Crippen molar-refractivity contribution >= 4 is 39.7 Å². The van der Waals surface area contributed by atoms with E-state index in [0.717, 1.165) is 11.4 Å². The topological polar surface area (TPSA) is 93.8 Å². The quantitative estimate of drug-likeness (QED) is 0.840. The Morgan fingerprint density at radius 3 is 3.00 bits per heavy atom. The highest BCUT2D eigenvalue weighted by Gasteiger charge is 2.13. The zero-order chi connectivity index (χ0) is 13.1. The molecule has 0 aliphatic heterocycles. The molecule has 0 atom stereocenters. The van der Waals surface area contributed by atoms with Crippen LogP contribution in [0.5, 0.6) is 0 Å². The highest BCUT2D eigenvalue weighted by atomic mass is 35.5. The van der Waals surface area contributed by atoms with E-state index in [2.05, 4.69) is 20.5 Å². The molecule has 0 saturated carbocycles. The Kier molecular flexibility index (Phi) is 3.73. The van der Waals surface area contributed by atoms with E-state index in [1.807, 2.05) is 6.92 Å².